The average Bonchev–Trinajstić information content (AvgIpc) is 3.24. The fraction of sp³-hybridized carbons (Fsp3) is 0.833. The second-order valence-corrected chi connectivity index (χ2v) is 20.3. The molecule has 1 aromatic rings. The van der Waals surface area contributed by atoms with E-state index in [1.165, 1.54) is 32.2 Å². The van der Waals surface area contributed by atoms with Gasteiger partial charge >= 0.3 is 5.97 Å². The van der Waals surface area contributed by atoms with Crippen LogP contribution in [0.15, 0.2) is 18.2 Å². The van der Waals surface area contributed by atoms with Crippen molar-refractivity contribution in [3.8, 4) is 11.5 Å². The molecular formula is C48H83N3O15. The zero-order chi connectivity index (χ0) is 49.6. The Balaban J connectivity index is 1.75. The van der Waals surface area contributed by atoms with Gasteiger partial charge in [0.1, 0.15) is 41.5 Å². The maximum atomic E-state index is 14.5. The van der Waals surface area contributed by atoms with E-state index in [-0.39, 0.29) is 67.5 Å². The number of hydrogen-bond acceptors (Lipinski definition) is 17. The van der Waals surface area contributed by atoms with Gasteiger partial charge in [-0.05, 0) is 119 Å². The molecule has 18 heteroatoms. The number of amides is 1. The molecule has 0 saturated carbocycles. The first-order valence-electron chi connectivity index (χ1n) is 23.7. The van der Waals surface area contributed by atoms with Crippen LogP contribution in [0, 0.1) is 17.8 Å². The summed E-state index contributed by atoms with van der Waals surface area (Å²) in [5.74, 6) is -3.74. The van der Waals surface area contributed by atoms with Crippen LogP contribution in [0.1, 0.15) is 112 Å². The number of carbonyl (C=O) groups is 2. The summed E-state index contributed by atoms with van der Waals surface area (Å²) in [6.45, 7) is 18.4. The summed E-state index contributed by atoms with van der Waals surface area (Å²) in [5.41, 5.74) is -4.58. The van der Waals surface area contributed by atoms with E-state index in [0.29, 0.717) is 19.4 Å². The largest absolute Gasteiger partial charge is 0.508 e. The Bertz CT molecular complexity index is 1720. The van der Waals surface area contributed by atoms with Crippen molar-refractivity contribution in [2.75, 3.05) is 47.9 Å². The molecule has 3 aliphatic heterocycles. The third-order valence-electron chi connectivity index (χ3n) is 14.3. The van der Waals surface area contributed by atoms with E-state index < -0.39 is 102 Å². The number of carbonyl (C=O) groups excluding carboxylic acids is 2. The number of aliphatic hydroxyl groups is 4. The molecule has 4 rings (SSSR count). The van der Waals surface area contributed by atoms with Gasteiger partial charge in [-0.1, -0.05) is 20.8 Å². The van der Waals surface area contributed by atoms with E-state index in [2.05, 4.69) is 5.32 Å². The Morgan fingerprint density at radius 3 is 2.26 bits per heavy atom. The van der Waals surface area contributed by atoms with E-state index in [4.69, 9.17) is 33.2 Å². The number of nitrogens with one attached hydrogen (secondary N) is 1. The number of cyclic esters (lactones) is 1. The minimum Gasteiger partial charge on any atom is -0.508 e. The number of aliphatic hydroxyl groups excluding tert-OH is 2. The van der Waals surface area contributed by atoms with Gasteiger partial charge in [0.15, 0.2) is 12.6 Å². The first kappa shape index (κ1) is 55.9. The second-order valence-electron chi connectivity index (χ2n) is 20.3. The van der Waals surface area contributed by atoms with Gasteiger partial charge in [-0.15, -0.1) is 0 Å². The van der Waals surface area contributed by atoms with Crippen LogP contribution < -0.4 is 5.32 Å². The number of benzene rings is 1. The summed E-state index contributed by atoms with van der Waals surface area (Å²) in [6.07, 6.45) is -7.86. The molecule has 18 nitrogen and oxygen atoms in total. The number of likely N-dealkylation sites (N-methyl/N-ethyl adjacent to an activating group) is 2. The Morgan fingerprint density at radius 2 is 1.64 bits per heavy atom. The van der Waals surface area contributed by atoms with Crippen molar-refractivity contribution in [3.05, 3.63) is 23.8 Å². The van der Waals surface area contributed by atoms with Crippen LogP contribution in [0.2, 0.25) is 0 Å². The molecule has 18 atom stereocenters. The number of methoxy groups -OCH3 is 1. The van der Waals surface area contributed by atoms with E-state index in [1.54, 1.807) is 41.5 Å². The van der Waals surface area contributed by atoms with Gasteiger partial charge in [-0.3, -0.25) is 9.59 Å². The Kier molecular flexibility index (Phi) is 19.7. The molecule has 66 heavy (non-hydrogen) atoms. The highest BCUT2D eigenvalue weighted by molar-refractivity contribution is 5.97. The molecule has 0 bridgehead atoms. The number of esters is 1. The summed E-state index contributed by atoms with van der Waals surface area (Å²) >= 11 is 0. The van der Waals surface area contributed by atoms with Crippen molar-refractivity contribution in [3.63, 3.8) is 0 Å². The highest BCUT2D eigenvalue weighted by atomic mass is 16.7. The smallest absolute Gasteiger partial charge is 0.311 e. The van der Waals surface area contributed by atoms with E-state index >= 15 is 0 Å². The van der Waals surface area contributed by atoms with Gasteiger partial charge < -0.3 is 78.9 Å². The predicted octanol–water partition coefficient (Wildman–Crippen LogP) is 3.16. The summed E-state index contributed by atoms with van der Waals surface area (Å²) < 4.78 is 45.2. The van der Waals surface area contributed by atoms with Gasteiger partial charge in [0.05, 0.1) is 47.1 Å². The van der Waals surface area contributed by atoms with E-state index in [1.807, 2.05) is 51.7 Å². The quantitative estimate of drug-likeness (QED) is 0.0854. The third-order valence-corrected chi connectivity index (χ3v) is 14.3. The van der Waals surface area contributed by atoms with Crippen molar-refractivity contribution in [1.82, 2.24) is 15.1 Å². The number of rotatable bonds is 13. The Labute approximate surface area is 392 Å². The van der Waals surface area contributed by atoms with Crippen LogP contribution >= 0.6 is 0 Å². The fourth-order valence-corrected chi connectivity index (χ4v) is 10.2. The van der Waals surface area contributed by atoms with Gasteiger partial charge in [0, 0.05) is 51.2 Å². The molecule has 3 heterocycles. The van der Waals surface area contributed by atoms with Crippen LogP contribution in [-0.2, 0) is 38.0 Å². The number of ether oxygens (including phenoxy) is 7. The molecule has 3 saturated heterocycles. The van der Waals surface area contributed by atoms with Crippen LogP contribution in [0.4, 0.5) is 0 Å². The van der Waals surface area contributed by atoms with Crippen LogP contribution in [-0.4, -0.2) is 191 Å². The summed E-state index contributed by atoms with van der Waals surface area (Å²) in [7, 11) is 7.21. The van der Waals surface area contributed by atoms with Crippen molar-refractivity contribution < 1.29 is 73.4 Å². The molecule has 0 aliphatic carbocycles. The lowest BCUT2D eigenvalue weighted by molar-refractivity contribution is -0.321. The molecule has 1 amide bonds. The Hall–Kier alpha value is -2.72. The normalized spacial score (nSPS) is 41.4. The molecule has 3 aliphatic rings. The monoisotopic (exact) mass is 942 g/mol. The minimum atomic E-state index is -1.84. The maximum Gasteiger partial charge on any atom is 0.311 e. The molecule has 0 aromatic heterocycles. The number of aromatic hydroxyl groups is 2. The molecule has 0 spiro atoms. The van der Waals surface area contributed by atoms with E-state index in [0.717, 1.165) is 0 Å². The van der Waals surface area contributed by atoms with Crippen molar-refractivity contribution >= 4 is 11.9 Å². The lowest BCUT2D eigenvalue weighted by Gasteiger charge is -2.49. The Morgan fingerprint density at radius 1 is 0.970 bits per heavy atom. The van der Waals surface area contributed by atoms with Gasteiger partial charge in [0.2, 0.25) is 0 Å². The SMILES string of the molecule is CC[C@H]1OC(=O)[C@H](C)[C@@H](O[C@H]2C[C@@](C)(OC)[C@@H](O)[C@H](C)O2)[C@H](C)[C@@H](O[C@@H]2O[C@H](C)C[C@H](N(C)C)[C@H]2OCCCNC(=O)c2cc(O)ccc2O)[C@](C)(O)C[C@@H](C)CN(C)[C@H](C)[C@@H](O)[C@]1(C)O. The first-order valence-corrected chi connectivity index (χ1v) is 23.7. The minimum absolute atomic E-state index is 0.0588. The molecule has 3 fully saturated rings. The molecule has 0 unspecified atom stereocenters. The lowest BCUT2D eigenvalue weighted by atomic mass is 9.77. The fourth-order valence-electron chi connectivity index (χ4n) is 10.2. The first-order chi connectivity index (χ1) is 30.7. The highest BCUT2D eigenvalue weighted by Crippen LogP contribution is 2.40. The van der Waals surface area contributed by atoms with Crippen LogP contribution in [0.3, 0.4) is 0 Å². The summed E-state index contributed by atoms with van der Waals surface area (Å²) in [6, 6.07) is 2.93. The second kappa shape index (κ2) is 23.3. The third kappa shape index (κ3) is 13.3. The van der Waals surface area contributed by atoms with Gasteiger partial charge in [0.25, 0.3) is 5.91 Å². The van der Waals surface area contributed by atoms with Crippen LogP contribution in [0.25, 0.3) is 0 Å². The number of phenols is 2. The number of nitrogens with zero attached hydrogens (tertiary/aromatic N) is 2. The number of phenolic OH excluding ortho intramolecular Hbond substituents is 2. The highest BCUT2D eigenvalue weighted by Gasteiger charge is 2.53. The van der Waals surface area contributed by atoms with Crippen molar-refractivity contribution in [1.29, 1.82) is 0 Å². The topological polar surface area (TPSA) is 239 Å². The summed E-state index contributed by atoms with van der Waals surface area (Å²) in [4.78, 5) is 31.3. The van der Waals surface area contributed by atoms with Gasteiger partial charge in [-0.2, -0.15) is 0 Å². The molecule has 1 aromatic carbocycles. The van der Waals surface area contributed by atoms with E-state index in [9.17, 15) is 40.2 Å². The lowest BCUT2D eigenvalue weighted by Crippen LogP contribution is -2.61. The molecule has 380 valence electrons. The van der Waals surface area contributed by atoms with Gasteiger partial charge in [-0.25, -0.2) is 0 Å². The zero-order valence-corrected chi connectivity index (χ0v) is 41.8. The summed E-state index contributed by atoms with van der Waals surface area (Å²) in [5, 5.41) is 70.3. The zero-order valence-electron chi connectivity index (χ0n) is 41.8. The average molecular weight is 942 g/mol. The number of hydrogen-bond donors (Lipinski definition) is 7. The van der Waals surface area contributed by atoms with Crippen molar-refractivity contribution in [2.24, 2.45) is 17.8 Å². The molecule has 7 N–H and O–H groups in total. The molecular weight excluding hydrogens is 859 g/mol. The van der Waals surface area contributed by atoms with Crippen LogP contribution in [0.5, 0.6) is 11.5 Å². The standard InChI is InChI=1S/C48H83N3O15/c1-15-36-48(10,59)40(54)30(6)51(13)25-26(2)23-46(8,58)42(28(4)38(29(5)44(57)64-36)65-37-24-47(9,60-14)41(55)31(7)63-37)66-45-39(34(50(11)12)21-27(3)62-45)61-20-16-19-49-43(56)33-22-32(52)17-18-35(33)53/h17-18,22,26-31,34,36-42,45,52-55,58-59H,15-16,19-21,23-25H2,1-14H3,(H,49,56)/t26-,27-,28+,29-,30-,31+,34+,36-,37+,38+,39-,40-,41+,42-,45+,46-,47-,48-/m1/s1. The maximum absolute atomic E-state index is 14.5. The predicted molar refractivity (Wildman–Crippen MR) is 245 cm³/mol. The van der Waals surface area contributed by atoms with Crippen molar-refractivity contribution in [2.45, 2.75) is 192 Å². The molecule has 0 radical (unpaired) electrons.